The minimum atomic E-state index is -0.111. The van der Waals surface area contributed by atoms with Gasteiger partial charge in [0.05, 0.1) is 18.9 Å². The lowest BCUT2D eigenvalue weighted by atomic mass is 10.1. The number of nitrogens with zero attached hydrogens (tertiary/aromatic N) is 6. The quantitative estimate of drug-likeness (QED) is 0.675. The Labute approximate surface area is 163 Å². The van der Waals surface area contributed by atoms with E-state index in [0.717, 1.165) is 30.2 Å². The van der Waals surface area contributed by atoms with Crippen molar-refractivity contribution in [2.24, 2.45) is 0 Å². The molecule has 8 heteroatoms. The van der Waals surface area contributed by atoms with E-state index in [2.05, 4.69) is 39.0 Å². The summed E-state index contributed by atoms with van der Waals surface area (Å²) in [5.41, 5.74) is 3.08. The molecule has 0 bridgehead atoms. The van der Waals surface area contributed by atoms with Gasteiger partial charge in [0.15, 0.2) is 12.4 Å². The third-order valence-corrected chi connectivity index (χ3v) is 4.42. The molecule has 0 atom stereocenters. The molecule has 0 saturated carbocycles. The fourth-order valence-electron chi connectivity index (χ4n) is 3.04. The van der Waals surface area contributed by atoms with E-state index in [1.54, 1.807) is 4.68 Å². The van der Waals surface area contributed by atoms with Gasteiger partial charge in [-0.3, -0.25) is 0 Å². The Kier molecular flexibility index (Phi) is 5.17. The Morgan fingerprint density at radius 2 is 1.96 bits per heavy atom. The number of anilines is 1. The summed E-state index contributed by atoms with van der Waals surface area (Å²) in [6.07, 6.45) is 1.86. The minimum Gasteiger partial charge on any atom is -0.448 e. The zero-order valence-corrected chi connectivity index (χ0v) is 15.6. The van der Waals surface area contributed by atoms with Gasteiger partial charge in [-0.25, -0.2) is 4.68 Å². The third kappa shape index (κ3) is 3.94. The minimum absolute atomic E-state index is 0.111. The second-order valence-corrected chi connectivity index (χ2v) is 6.43. The summed E-state index contributed by atoms with van der Waals surface area (Å²) in [6.45, 7) is 4.71. The molecule has 1 aliphatic rings. The van der Waals surface area contributed by atoms with Crippen LogP contribution in [0.25, 0.3) is 17.1 Å². The van der Waals surface area contributed by atoms with Crippen molar-refractivity contribution >= 4 is 5.82 Å². The largest absolute Gasteiger partial charge is 0.448 e. The third-order valence-electron chi connectivity index (χ3n) is 4.42. The van der Waals surface area contributed by atoms with Crippen LogP contribution in [0.4, 0.5) is 5.82 Å². The average molecular weight is 376 g/mol. The Bertz CT molecular complexity index is 1000. The van der Waals surface area contributed by atoms with Crippen molar-refractivity contribution in [2.45, 2.75) is 6.92 Å². The number of nitriles is 1. The van der Waals surface area contributed by atoms with E-state index >= 15 is 0 Å². The molecule has 0 amide bonds. The molecule has 0 N–H and O–H groups in total. The molecule has 1 fully saturated rings. The van der Waals surface area contributed by atoms with Crippen LogP contribution in [0, 0.1) is 18.3 Å². The highest BCUT2D eigenvalue weighted by atomic mass is 16.5. The molecular weight excluding hydrogens is 356 g/mol. The van der Waals surface area contributed by atoms with E-state index in [1.165, 1.54) is 5.56 Å². The number of hydrogen-bond acceptors (Lipinski definition) is 7. The van der Waals surface area contributed by atoms with Crippen molar-refractivity contribution in [2.75, 3.05) is 37.8 Å². The van der Waals surface area contributed by atoms with Crippen molar-refractivity contribution in [3.63, 3.8) is 0 Å². The number of aryl methyl sites for hydroxylation is 1. The molecule has 0 unspecified atom stereocenters. The fourth-order valence-corrected chi connectivity index (χ4v) is 3.04. The molecule has 142 valence electrons. The van der Waals surface area contributed by atoms with Gasteiger partial charge in [-0.2, -0.15) is 20.3 Å². The van der Waals surface area contributed by atoms with Crippen LogP contribution in [0.5, 0.6) is 6.01 Å². The molecule has 1 saturated heterocycles. The second kappa shape index (κ2) is 8.06. The number of morpholine rings is 1. The fraction of sp³-hybridized carbons (Fsp3) is 0.300. The summed E-state index contributed by atoms with van der Waals surface area (Å²) < 4.78 is 12.5. The number of hydrogen-bond donors (Lipinski definition) is 0. The number of rotatable bonds is 5. The molecule has 0 radical (unpaired) electrons. The van der Waals surface area contributed by atoms with Gasteiger partial charge in [-0.05, 0) is 19.1 Å². The van der Waals surface area contributed by atoms with E-state index in [9.17, 15) is 0 Å². The molecule has 0 aliphatic carbocycles. The standard InChI is InChI=1S/C20H20N6O2/c1-15-3-2-4-16(13-15)17-5-7-26(24-17)19-14-18(25-8-11-27-12-9-25)22-20(23-19)28-10-6-21/h2-5,7,13-14H,8-12H2,1H3. The topological polar surface area (TPSA) is 89.1 Å². The van der Waals surface area contributed by atoms with Gasteiger partial charge < -0.3 is 14.4 Å². The van der Waals surface area contributed by atoms with Crippen molar-refractivity contribution in [3.8, 4) is 29.2 Å². The molecule has 4 rings (SSSR count). The Morgan fingerprint density at radius 1 is 1.14 bits per heavy atom. The van der Waals surface area contributed by atoms with Crippen LogP contribution < -0.4 is 9.64 Å². The van der Waals surface area contributed by atoms with Gasteiger partial charge in [-0.15, -0.1) is 0 Å². The molecular formula is C20H20N6O2. The predicted octanol–water partition coefficient (Wildman–Crippen LogP) is 2.38. The molecule has 3 aromatic rings. The maximum Gasteiger partial charge on any atom is 0.321 e. The van der Waals surface area contributed by atoms with Crippen molar-refractivity contribution in [3.05, 3.63) is 48.2 Å². The first-order valence-corrected chi connectivity index (χ1v) is 9.07. The Balaban J connectivity index is 1.69. The summed E-state index contributed by atoms with van der Waals surface area (Å²) in [4.78, 5) is 11.0. The highest BCUT2D eigenvalue weighted by Gasteiger charge is 2.17. The van der Waals surface area contributed by atoms with Crippen LogP contribution >= 0.6 is 0 Å². The molecule has 8 nitrogen and oxygen atoms in total. The SMILES string of the molecule is Cc1cccc(-c2ccn(-c3cc(N4CCOCC4)nc(OCC#N)n3)n2)c1. The first kappa shape index (κ1) is 17.9. The zero-order valence-electron chi connectivity index (χ0n) is 15.6. The van der Waals surface area contributed by atoms with Gasteiger partial charge in [0.1, 0.15) is 11.9 Å². The lowest BCUT2D eigenvalue weighted by molar-refractivity contribution is 0.122. The first-order valence-electron chi connectivity index (χ1n) is 9.07. The maximum absolute atomic E-state index is 8.81. The molecule has 1 aromatic carbocycles. The summed E-state index contributed by atoms with van der Waals surface area (Å²) in [6, 6.07) is 14.1. The lowest BCUT2D eigenvalue weighted by Crippen LogP contribution is -2.37. The Hall–Kier alpha value is -3.44. The van der Waals surface area contributed by atoms with Gasteiger partial charge >= 0.3 is 6.01 Å². The maximum atomic E-state index is 8.81. The molecule has 3 heterocycles. The highest BCUT2D eigenvalue weighted by molar-refractivity contribution is 5.60. The molecule has 0 spiro atoms. The monoisotopic (exact) mass is 376 g/mol. The van der Waals surface area contributed by atoms with Crippen LogP contribution in [0.1, 0.15) is 5.56 Å². The van der Waals surface area contributed by atoms with Gasteiger partial charge in [-0.1, -0.05) is 23.8 Å². The normalized spacial score (nSPS) is 13.9. The summed E-state index contributed by atoms with van der Waals surface area (Å²) in [5, 5.41) is 13.5. The summed E-state index contributed by atoms with van der Waals surface area (Å²) in [7, 11) is 0. The first-order chi connectivity index (χ1) is 13.7. The van der Waals surface area contributed by atoms with Crippen molar-refractivity contribution in [1.82, 2.24) is 19.7 Å². The second-order valence-electron chi connectivity index (χ2n) is 6.43. The summed E-state index contributed by atoms with van der Waals surface area (Å²) in [5.74, 6) is 1.32. The number of benzene rings is 1. The van der Waals surface area contributed by atoms with E-state index < -0.39 is 0 Å². The van der Waals surface area contributed by atoms with E-state index in [0.29, 0.717) is 19.0 Å². The molecule has 2 aromatic heterocycles. The Morgan fingerprint density at radius 3 is 2.75 bits per heavy atom. The van der Waals surface area contributed by atoms with E-state index in [1.807, 2.05) is 36.5 Å². The van der Waals surface area contributed by atoms with Gasteiger partial charge in [0, 0.05) is 30.9 Å². The van der Waals surface area contributed by atoms with Crippen LogP contribution in [0.3, 0.4) is 0 Å². The van der Waals surface area contributed by atoms with E-state index in [4.69, 9.17) is 14.7 Å². The number of ether oxygens (including phenoxy) is 2. The van der Waals surface area contributed by atoms with E-state index in [-0.39, 0.29) is 12.6 Å². The zero-order chi connectivity index (χ0) is 19.3. The van der Waals surface area contributed by atoms with Gasteiger partial charge in [0.25, 0.3) is 0 Å². The van der Waals surface area contributed by atoms with Crippen LogP contribution in [0.15, 0.2) is 42.6 Å². The lowest BCUT2D eigenvalue weighted by Gasteiger charge is -2.28. The smallest absolute Gasteiger partial charge is 0.321 e. The van der Waals surface area contributed by atoms with Gasteiger partial charge in [0.2, 0.25) is 0 Å². The average Bonchev–Trinajstić information content (AvgIpc) is 3.23. The summed E-state index contributed by atoms with van der Waals surface area (Å²) >= 11 is 0. The van der Waals surface area contributed by atoms with Crippen molar-refractivity contribution < 1.29 is 9.47 Å². The van der Waals surface area contributed by atoms with Crippen LogP contribution in [0.2, 0.25) is 0 Å². The highest BCUT2D eigenvalue weighted by Crippen LogP contribution is 2.22. The molecule has 28 heavy (non-hydrogen) atoms. The van der Waals surface area contributed by atoms with Crippen LogP contribution in [-0.4, -0.2) is 52.7 Å². The van der Waals surface area contributed by atoms with Crippen LogP contribution in [-0.2, 0) is 4.74 Å². The number of aromatic nitrogens is 4. The van der Waals surface area contributed by atoms with Crippen molar-refractivity contribution in [1.29, 1.82) is 5.26 Å². The molecule has 1 aliphatic heterocycles. The predicted molar refractivity (Wildman–Crippen MR) is 103 cm³/mol.